The van der Waals surface area contributed by atoms with Crippen LogP contribution in [0, 0.1) is 11.8 Å². The van der Waals surface area contributed by atoms with Crippen molar-refractivity contribution in [1.29, 1.82) is 0 Å². The zero-order valence-electron chi connectivity index (χ0n) is 9.03. The monoisotopic (exact) mass is 200 g/mol. The zero-order chi connectivity index (χ0) is 10.6. The van der Waals surface area contributed by atoms with E-state index in [2.05, 4.69) is 13.8 Å². The lowest BCUT2D eigenvalue weighted by molar-refractivity contribution is -0.139. The summed E-state index contributed by atoms with van der Waals surface area (Å²) >= 11 is 0. The van der Waals surface area contributed by atoms with Gasteiger partial charge in [-0.2, -0.15) is 0 Å². The molecule has 14 heavy (non-hydrogen) atoms. The van der Waals surface area contributed by atoms with E-state index in [0.717, 1.165) is 18.8 Å². The lowest BCUT2D eigenvalue weighted by Crippen LogP contribution is -2.27. The van der Waals surface area contributed by atoms with Gasteiger partial charge in [-0.25, -0.2) is 0 Å². The number of hydrogen-bond acceptors (Lipinski definition) is 2. The van der Waals surface area contributed by atoms with E-state index in [9.17, 15) is 4.79 Å². The second kappa shape index (κ2) is 5.35. The molecule has 1 N–H and O–H groups in total. The van der Waals surface area contributed by atoms with E-state index >= 15 is 0 Å². The molecule has 1 rings (SSSR count). The summed E-state index contributed by atoms with van der Waals surface area (Å²) in [6.45, 7) is 4.89. The van der Waals surface area contributed by atoms with Gasteiger partial charge in [0.1, 0.15) is 0 Å². The molecule has 0 amide bonds. The predicted molar refractivity (Wildman–Crippen MR) is 54.2 cm³/mol. The van der Waals surface area contributed by atoms with Crippen molar-refractivity contribution in [2.75, 3.05) is 6.61 Å². The van der Waals surface area contributed by atoms with Crippen molar-refractivity contribution in [1.82, 2.24) is 0 Å². The molecule has 0 radical (unpaired) electrons. The molecular weight excluding hydrogens is 180 g/mol. The highest BCUT2D eigenvalue weighted by Gasteiger charge is 2.24. The first kappa shape index (κ1) is 11.5. The van der Waals surface area contributed by atoms with Crippen molar-refractivity contribution in [2.45, 2.75) is 45.6 Å². The Kier molecular flexibility index (Phi) is 4.39. The normalized spacial score (nSPS) is 32.9. The van der Waals surface area contributed by atoms with E-state index in [0.29, 0.717) is 18.6 Å². The van der Waals surface area contributed by atoms with Crippen LogP contribution in [0.25, 0.3) is 0 Å². The molecule has 1 aliphatic rings. The van der Waals surface area contributed by atoms with Gasteiger partial charge in [-0.1, -0.05) is 13.8 Å². The number of carboxylic acids is 1. The van der Waals surface area contributed by atoms with E-state index in [1.165, 1.54) is 6.42 Å². The van der Waals surface area contributed by atoms with Crippen LogP contribution in [0.2, 0.25) is 0 Å². The highest BCUT2D eigenvalue weighted by atomic mass is 16.5. The van der Waals surface area contributed by atoms with Crippen LogP contribution < -0.4 is 0 Å². The summed E-state index contributed by atoms with van der Waals surface area (Å²) in [7, 11) is 0. The average molecular weight is 200 g/mol. The number of carboxylic acid groups (broad SMARTS) is 1. The minimum atomic E-state index is -0.776. The van der Waals surface area contributed by atoms with Gasteiger partial charge in [0.05, 0.1) is 19.1 Å². The third kappa shape index (κ3) is 3.66. The third-order valence-corrected chi connectivity index (χ3v) is 3.22. The molecule has 3 heteroatoms. The summed E-state index contributed by atoms with van der Waals surface area (Å²) in [5, 5.41) is 8.46. The van der Waals surface area contributed by atoms with Crippen molar-refractivity contribution >= 4 is 5.97 Å². The minimum absolute atomic E-state index is 0.125. The second-order valence-electron chi connectivity index (χ2n) is 4.40. The van der Waals surface area contributed by atoms with Crippen LogP contribution in [-0.4, -0.2) is 23.8 Å². The quantitative estimate of drug-likeness (QED) is 0.757. The van der Waals surface area contributed by atoms with Gasteiger partial charge < -0.3 is 9.84 Å². The molecule has 0 aromatic rings. The van der Waals surface area contributed by atoms with Crippen LogP contribution in [0.5, 0.6) is 0 Å². The number of carbonyl (C=O) groups is 1. The summed E-state index contributed by atoms with van der Waals surface area (Å²) in [5.41, 5.74) is 0. The summed E-state index contributed by atoms with van der Waals surface area (Å²) in [6, 6.07) is 0. The summed E-state index contributed by atoms with van der Waals surface area (Å²) in [4.78, 5) is 10.3. The van der Waals surface area contributed by atoms with Gasteiger partial charge in [0, 0.05) is 0 Å². The lowest BCUT2D eigenvalue weighted by atomic mass is 9.80. The molecule has 3 unspecified atom stereocenters. The van der Waals surface area contributed by atoms with E-state index in [1.807, 2.05) is 0 Å². The topological polar surface area (TPSA) is 46.5 Å². The molecule has 0 aromatic carbocycles. The van der Waals surface area contributed by atoms with Crippen LogP contribution in [0.4, 0.5) is 0 Å². The molecule has 1 fully saturated rings. The SMILES string of the molecule is CC1CCC(OCCC(=O)O)CC1C. The van der Waals surface area contributed by atoms with Crippen molar-refractivity contribution in [2.24, 2.45) is 11.8 Å². The number of ether oxygens (including phenoxy) is 1. The fourth-order valence-corrected chi connectivity index (χ4v) is 1.96. The molecule has 0 heterocycles. The van der Waals surface area contributed by atoms with Gasteiger partial charge in [-0.15, -0.1) is 0 Å². The van der Waals surface area contributed by atoms with Crippen molar-refractivity contribution in [3.63, 3.8) is 0 Å². The Labute approximate surface area is 85.5 Å². The first-order valence-corrected chi connectivity index (χ1v) is 5.43. The highest BCUT2D eigenvalue weighted by Crippen LogP contribution is 2.30. The van der Waals surface area contributed by atoms with Gasteiger partial charge >= 0.3 is 5.97 Å². The summed E-state index contributed by atoms with van der Waals surface area (Å²) in [6.07, 6.45) is 3.80. The molecule has 0 aromatic heterocycles. The smallest absolute Gasteiger partial charge is 0.305 e. The lowest BCUT2D eigenvalue weighted by Gasteiger charge is -2.31. The Bertz CT molecular complexity index is 191. The van der Waals surface area contributed by atoms with E-state index < -0.39 is 5.97 Å². The first-order valence-electron chi connectivity index (χ1n) is 5.43. The molecular formula is C11H20O3. The predicted octanol–water partition coefficient (Wildman–Crippen LogP) is 2.30. The van der Waals surface area contributed by atoms with Gasteiger partial charge in [0.2, 0.25) is 0 Å². The number of hydrogen-bond donors (Lipinski definition) is 1. The Balaban J connectivity index is 2.16. The van der Waals surface area contributed by atoms with Crippen molar-refractivity contribution < 1.29 is 14.6 Å². The average Bonchev–Trinajstić information content (AvgIpc) is 2.10. The van der Waals surface area contributed by atoms with Crippen LogP contribution in [0.3, 0.4) is 0 Å². The molecule has 3 nitrogen and oxygen atoms in total. The van der Waals surface area contributed by atoms with Crippen LogP contribution in [0.1, 0.15) is 39.5 Å². The summed E-state index contributed by atoms with van der Waals surface area (Å²) in [5.74, 6) is 0.718. The van der Waals surface area contributed by atoms with Crippen LogP contribution in [0.15, 0.2) is 0 Å². The van der Waals surface area contributed by atoms with Crippen LogP contribution >= 0.6 is 0 Å². The third-order valence-electron chi connectivity index (χ3n) is 3.22. The first-order chi connectivity index (χ1) is 6.59. The highest BCUT2D eigenvalue weighted by molar-refractivity contribution is 5.66. The maximum atomic E-state index is 10.3. The fraction of sp³-hybridized carbons (Fsp3) is 0.909. The number of rotatable bonds is 4. The molecule has 0 saturated heterocycles. The number of aliphatic carboxylic acids is 1. The Morgan fingerprint density at radius 1 is 1.36 bits per heavy atom. The summed E-state index contributed by atoms with van der Waals surface area (Å²) < 4.78 is 5.53. The largest absolute Gasteiger partial charge is 0.481 e. The van der Waals surface area contributed by atoms with Gasteiger partial charge in [-0.3, -0.25) is 4.79 Å². The Morgan fingerprint density at radius 2 is 2.07 bits per heavy atom. The fourth-order valence-electron chi connectivity index (χ4n) is 1.96. The van der Waals surface area contributed by atoms with E-state index in [1.54, 1.807) is 0 Å². The second-order valence-corrected chi connectivity index (χ2v) is 4.40. The standard InChI is InChI=1S/C11H20O3/c1-8-3-4-10(7-9(8)2)14-6-5-11(12)13/h8-10H,3-7H2,1-2H3,(H,12,13). The van der Waals surface area contributed by atoms with E-state index in [4.69, 9.17) is 9.84 Å². The molecule has 1 saturated carbocycles. The van der Waals surface area contributed by atoms with E-state index in [-0.39, 0.29) is 6.42 Å². The zero-order valence-corrected chi connectivity index (χ0v) is 9.03. The van der Waals surface area contributed by atoms with Crippen molar-refractivity contribution in [3.8, 4) is 0 Å². The maximum absolute atomic E-state index is 10.3. The molecule has 3 atom stereocenters. The Hall–Kier alpha value is -0.570. The van der Waals surface area contributed by atoms with Gasteiger partial charge in [0.25, 0.3) is 0 Å². The molecule has 0 spiro atoms. The van der Waals surface area contributed by atoms with Crippen molar-refractivity contribution in [3.05, 3.63) is 0 Å². The minimum Gasteiger partial charge on any atom is -0.481 e. The van der Waals surface area contributed by atoms with Gasteiger partial charge in [-0.05, 0) is 31.1 Å². The molecule has 0 aliphatic heterocycles. The Morgan fingerprint density at radius 3 is 2.64 bits per heavy atom. The van der Waals surface area contributed by atoms with Gasteiger partial charge in [0.15, 0.2) is 0 Å². The molecule has 82 valence electrons. The molecule has 0 bridgehead atoms. The van der Waals surface area contributed by atoms with Crippen LogP contribution in [-0.2, 0) is 9.53 Å². The molecule has 1 aliphatic carbocycles. The maximum Gasteiger partial charge on any atom is 0.305 e.